The number of carbonyl (C=O) groups excluding carboxylic acids is 1. The van der Waals surface area contributed by atoms with Crippen LogP contribution in [0.15, 0.2) is 51.9 Å². The Kier molecular flexibility index (Phi) is 5.36. The molecular weight excluding hydrogens is 437 g/mol. The van der Waals surface area contributed by atoms with Gasteiger partial charge in [0, 0.05) is 20.3 Å². The van der Waals surface area contributed by atoms with Crippen molar-refractivity contribution in [2.45, 2.75) is 6.54 Å². The lowest BCUT2D eigenvalue weighted by Gasteiger charge is -2.08. The highest BCUT2D eigenvalue weighted by atomic mass is 127. The zero-order chi connectivity index (χ0) is 14.5. The Balaban J connectivity index is 1.98. The summed E-state index contributed by atoms with van der Waals surface area (Å²) >= 11 is 5.45. The van der Waals surface area contributed by atoms with Crippen LogP contribution in [-0.2, 0) is 11.3 Å². The van der Waals surface area contributed by atoms with Gasteiger partial charge in [0.2, 0.25) is 0 Å². The third-order valence-electron chi connectivity index (χ3n) is 2.61. The molecule has 1 aromatic carbocycles. The highest BCUT2D eigenvalue weighted by Crippen LogP contribution is 2.20. The molecule has 1 aromatic heterocycles. The van der Waals surface area contributed by atoms with Crippen molar-refractivity contribution in [2.24, 2.45) is 0 Å². The Morgan fingerprint density at radius 2 is 2.10 bits per heavy atom. The quantitative estimate of drug-likeness (QED) is 0.534. The van der Waals surface area contributed by atoms with E-state index >= 15 is 0 Å². The smallest absolute Gasteiger partial charge is 0.339 e. The molecule has 20 heavy (non-hydrogen) atoms. The lowest BCUT2D eigenvalue weighted by molar-refractivity contribution is 0.0489. The van der Waals surface area contributed by atoms with Crippen LogP contribution in [0.25, 0.3) is 0 Å². The molecule has 0 radical (unpaired) electrons. The first-order valence-corrected chi connectivity index (χ1v) is 7.73. The lowest BCUT2D eigenvalue weighted by Crippen LogP contribution is -2.21. The van der Waals surface area contributed by atoms with Gasteiger partial charge < -0.3 is 9.30 Å². The van der Waals surface area contributed by atoms with Gasteiger partial charge in [-0.25, -0.2) is 4.79 Å². The molecule has 1 heterocycles. The standard InChI is InChI=1S/C14H11BrINO3/c15-12-5-4-10(16)9-11(12)14(19)20-8-7-17-6-2-1-3-13(17)18/h1-6,9H,7-8H2. The van der Waals surface area contributed by atoms with Crippen LogP contribution in [0.1, 0.15) is 10.4 Å². The van der Waals surface area contributed by atoms with Gasteiger partial charge in [-0.15, -0.1) is 0 Å². The maximum atomic E-state index is 11.9. The molecule has 2 aromatic rings. The van der Waals surface area contributed by atoms with Crippen LogP contribution in [0.3, 0.4) is 0 Å². The second-order valence-corrected chi connectivity index (χ2v) is 6.09. The van der Waals surface area contributed by atoms with E-state index in [9.17, 15) is 9.59 Å². The molecule has 0 unspecified atom stereocenters. The molecule has 0 aliphatic carbocycles. The summed E-state index contributed by atoms with van der Waals surface area (Å²) in [4.78, 5) is 23.4. The second-order valence-electron chi connectivity index (χ2n) is 3.99. The number of hydrogen-bond donors (Lipinski definition) is 0. The summed E-state index contributed by atoms with van der Waals surface area (Å²) in [5.74, 6) is -0.403. The van der Waals surface area contributed by atoms with E-state index in [1.807, 2.05) is 6.07 Å². The van der Waals surface area contributed by atoms with Crippen LogP contribution in [0, 0.1) is 3.57 Å². The van der Waals surface area contributed by atoms with Crippen molar-refractivity contribution >= 4 is 44.5 Å². The first-order valence-electron chi connectivity index (χ1n) is 5.85. The average Bonchev–Trinajstić information content (AvgIpc) is 2.43. The zero-order valence-electron chi connectivity index (χ0n) is 10.4. The third-order valence-corrected chi connectivity index (χ3v) is 3.98. The molecule has 104 valence electrons. The van der Waals surface area contributed by atoms with Gasteiger partial charge in [-0.3, -0.25) is 4.79 Å². The maximum Gasteiger partial charge on any atom is 0.339 e. The van der Waals surface area contributed by atoms with Gasteiger partial charge in [0.1, 0.15) is 6.61 Å². The molecule has 0 saturated heterocycles. The number of esters is 1. The lowest BCUT2D eigenvalue weighted by atomic mass is 10.2. The van der Waals surface area contributed by atoms with Gasteiger partial charge in [0.25, 0.3) is 5.56 Å². The molecule has 2 rings (SSSR count). The normalized spacial score (nSPS) is 10.3. The van der Waals surface area contributed by atoms with Gasteiger partial charge >= 0.3 is 5.97 Å². The van der Waals surface area contributed by atoms with Crippen LogP contribution in [0.5, 0.6) is 0 Å². The Labute approximate surface area is 138 Å². The van der Waals surface area contributed by atoms with Crippen LogP contribution in [0.2, 0.25) is 0 Å². The van der Waals surface area contributed by atoms with Crippen LogP contribution in [0.4, 0.5) is 0 Å². The molecule has 0 aliphatic rings. The summed E-state index contributed by atoms with van der Waals surface area (Å²) in [6.07, 6.45) is 1.66. The van der Waals surface area contributed by atoms with E-state index in [1.165, 1.54) is 10.6 Å². The average molecular weight is 448 g/mol. The fourth-order valence-corrected chi connectivity index (χ4v) is 2.51. The zero-order valence-corrected chi connectivity index (χ0v) is 14.1. The molecule has 0 atom stereocenters. The molecule has 0 saturated carbocycles. The van der Waals surface area contributed by atoms with Crippen LogP contribution < -0.4 is 5.56 Å². The number of halogens is 2. The number of ether oxygens (including phenoxy) is 1. The second kappa shape index (κ2) is 7.03. The highest BCUT2D eigenvalue weighted by Gasteiger charge is 2.11. The van der Waals surface area contributed by atoms with E-state index in [0.717, 1.165) is 3.57 Å². The van der Waals surface area contributed by atoms with E-state index in [4.69, 9.17) is 4.74 Å². The van der Waals surface area contributed by atoms with E-state index in [2.05, 4.69) is 38.5 Å². The monoisotopic (exact) mass is 447 g/mol. The molecule has 0 amide bonds. The van der Waals surface area contributed by atoms with E-state index < -0.39 is 5.97 Å². The molecule has 0 spiro atoms. The van der Waals surface area contributed by atoms with Crippen molar-refractivity contribution in [3.63, 3.8) is 0 Å². The van der Waals surface area contributed by atoms with E-state index in [1.54, 1.807) is 30.5 Å². The summed E-state index contributed by atoms with van der Waals surface area (Å²) in [5.41, 5.74) is 0.372. The molecule has 0 fully saturated rings. The first kappa shape index (κ1) is 15.2. The predicted octanol–water partition coefficient (Wildman–Crippen LogP) is 3.07. The Morgan fingerprint density at radius 1 is 1.30 bits per heavy atom. The van der Waals surface area contributed by atoms with Crippen molar-refractivity contribution in [1.29, 1.82) is 0 Å². The van der Waals surface area contributed by atoms with Crippen molar-refractivity contribution in [1.82, 2.24) is 4.57 Å². The molecular formula is C14H11BrINO3. The number of hydrogen-bond acceptors (Lipinski definition) is 3. The fourth-order valence-electron chi connectivity index (χ4n) is 1.61. The minimum Gasteiger partial charge on any atom is -0.460 e. The van der Waals surface area contributed by atoms with Crippen molar-refractivity contribution in [2.75, 3.05) is 6.61 Å². The third kappa shape index (κ3) is 3.92. The number of nitrogens with zero attached hydrogens (tertiary/aromatic N) is 1. The molecule has 0 bridgehead atoms. The minimum absolute atomic E-state index is 0.112. The highest BCUT2D eigenvalue weighted by molar-refractivity contribution is 14.1. The summed E-state index contributed by atoms with van der Waals surface area (Å²) in [6.45, 7) is 0.494. The molecule has 6 heteroatoms. The van der Waals surface area contributed by atoms with Gasteiger partial charge in [-0.1, -0.05) is 6.07 Å². The Morgan fingerprint density at radius 3 is 2.85 bits per heavy atom. The fraction of sp³-hybridized carbons (Fsp3) is 0.143. The summed E-state index contributed by atoms with van der Waals surface area (Å²) < 4.78 is 8.34. The number of benzene rings is 1. The summed E-state index contributed by atoms with van der Waals surface area (Å²) in [7, 11) is 0. The number of pyridine rings is 1. The van der Waals surface area contributed by atoms with Gasteiger partial charge in [0.05, 0.1) is 12.1 Å². The van der Waals surface area contributed by atoms with E-state index in [-0.39, 0.29) is 12.2 Å². The van der Waals surface area contributed by atoms with Gasteiger partial charge in [-0.05, 0) is 62.8 Å². The summed E-state index contributed by atoms with van der Waals surface area (Å²) in [5, 5.41) is 0. The summed E-state index contributed by atoms with van der Waals surface area (Å²) in [6, 6.07) is 10.4. The maximum absolute atomic E-state index is 11.9. The van der Waals surface area contributed by atoms with Crippen molar-refractivity contribution < 1.29 is 9.53 Å². The van der Waals surface area contributed by atoms with Crippen molar-refractivity contribution in [3.05, 3.63) is 66.6 Å². The largest absolute Gasteiger partial charge is 0.460 e. The predicted molar refractivity (Wildman–Crippen MR) is 87.8 cm³/mol. The Hall–Kier alpha value is -1.15. The SMILES string of the molecule is O=C(OCCn1ccccc1=O)c1cc(I)ccc1Br. The molecule has 4 nitrogen and oxygen atoms in total. The topological polar surface area (TPSA) is 48.3 Å². The van der Waals surface area contributed by atoms with Crippen molar-refractivity contribution in [3.8, 4) is 0 Å². The number of aromatic nitrogens is 1. The first-order chi connectivity index (χ1) is 9.58. The molecule has 0 N–H and O–H groups in total. The van der Waals surface area contributed by atoms with Gasteiger partial charge in [-0.2, -0.15) is 0 Å². The van der Waals surface area contributed by atoms with Crippen LogP contribution in [-0.4, -0.2) is 17.1 Å². The minimum atomic E-state index is -0.403. The van der Waals surface area contributed by atoms with E-state index in [0.29, 0.717) is 16.6 Å². The number of carbonyl (C=O) groups is 1. The molecule has 0 aliphatic heterocycles. The Bertz CT molecular complexity index is 684. The van der Waals surface area contributed by atoms with Gasteiger partial charge in [0.15, 0.2) is 0 Å². The number of rotatable bonds is 4. The van der Waals surface area contributed by atoms with Crippen LogP contribution >= 0.6 is 38.5 Å².